The molecule has 2 atom stereocenters. The maximum Gasteiger partial charge on any atom is 0.328 e. The summed E-state index contributed by atoms with van der Waals surface area (Å²) in [5.74, 6) is -1.36. The van der Waals surface area contributed by atoms with Gasteiger partial charge in [-0.1, -0.05) is 27.7 Å². The number of ether oxygens (including phenoxy) is 4. The lowest BCUT2D eigenvalue weighted by atomic mass is 10.1. The standard InChI is InChI=1S/C21H32N2O7.C2H6O/c1-12(2)10-14(5)30-21(26)15(6)23-19(24)17-18(16(27-7)8-9-22-17)28-11-29-20(25)13(3)4;1-2-3/h8-9,12-15H,10-11H2,1-7H3,(H,23,24);3H,2H2,1H3/t14?,15-;/m0./s1. The number of aromatic nitrogens is 1. The average Bonchev–Trinajstić information content (AvgIpc) is 2.73. The molecule has 0 saturated heterocycles. The van der Waals surface area contributed by atoms with E-state index >= 15 is 0 Å². The highest BCUT2D eigenvalue weighted by Gasteiger charge is 2.25. The summed E-state index contributed by atoms with van der Waals surface area (Å²) in [5.41, 5.74) is -0.107. The summed E-state index contributed by atoms with van der Waals surface area (Å²) in [4.78, 5) is 40.6. The number of aliphatic hydroxyl groups excluding tert-OH is 1. The minimum absolute atomic E-state index is 0.00259. The van der Waals surface area contributed by atoms with Gasteiger partial charge in [0.2, 0.25) is 6.79 Å². The summed E-state index contributed by atoms with van der Waals surface area (Å²) in [6.07, 6.45) is 1.83. The normalized spacial score (nSPS) is 12.2. The van der Waals surface area contributed by atoms with Gasteiger partial charge in [-0.25, -0.2) is 9.78 Å². The minimum atomic E-state index is -0.897. The molecule has 10 nitrogen and oxygen atoms in total. The van der Waals surface area contributed by atoms with Gasteiger partial charge in [-0.2, -0.15) is 0 Å². The third kappa shape index (κ3) is 11.5. The first kappa shape index (κ1) is 30.1. The maximum atomic E-state index is 12.7. The van der Waals surface area contributed by atoms with Gasteiger partial charge in [0.25, 0.3) is 5.91 Å². The molecular formula is C23H38N2O8. The van der Waals surface area contributed by atoms with Gasteiger partial charge < -0.3 is 29.4 Å². The predicted octanol–water partition coefficient (Wildman–Crippen LogP) is 2.72. The van der Waals surface area contributed by atoms with E-state index in [2.05, 4.69) is 10.3 Å². The lowest BCUT2D eigenvalue weighted by Crippen LogP contribution is -2.41. The molecule has 0 aliphatic rings. The lowest BCUT2D eigenvalue weighted by molar-refractivity contribution is -0.154. The second-order valence-corrected chi connectivity index (χ2v) is 7.96. The van der Waals surface area contributed by atoms with Gasteiger partial charge >= 0.3 is 11.9 Å². The fraction of sp³-hybridized carbons (Fsp3) is 0.652. The molecule has 1 heterocycles. The van der Waals surface area contributed by atoms with Crippen LogP contribution in [-0.4, -0.2) is 60.6 Å². The molecule has 1 amide bonds. The van der Waals surface area contributed by atoms with Crippen LogP contribution in [-0.2, 0) is 19.1 Å². The van der Waals surface area contributed by atoms with Crippen LogP contribution in [0.1, 0.15) is 65.4 Å². The van der Waals surface area contributed by atoms with E-state index in [0.29, 0.717) is 5.92 Å². The first-order valence-electron chi connectivity index (χ1n) is 10.9. The van der Waals surface area contributed by atoms with Gasteiger partial charge in [-0.05, 0) is 33.1 Å². The van der Waals surface area contributed by atoms with E-state index in [1.54, 1.807) is 27.7 Å². The average molecular weight is 471 g/mol. The third-order valence-electron chi connectivity index (χ3n) is 4.00. The summed E-state index contributed by atoms with van der Waals surface area (Å²) in [6, 6.07) is 0.605. The van der Waals surface area contributed by atoms with E-state index in [1.807, 2.05) is 13.8 Å². The van der Waals surface area contributed by atoms with Crippen LogP contribution in [0.25, 0.3) is 0 Å². The van der Waals surface area contributed by atoms with Crippen molar-refractivity contribution in [3.05, 3.63) is 18.0 Å². The van der Waals surface area contributed by atoms with E-state index in [0.717, 1.165) is 6.42 Å². The van der Waals surface area contributed by atoms with Crippen LogP contribution in [0.4, 0.5) is 0 Å². The van der Waals surface area contributed by atoms with Crippen molar-refractivity contribution in [1.82, 2.24) is 10.3 Å². The molecule has 0 radical (unpaired) electrons. The van der Waals surface area contributed by atoms with Crippen molar-refractivity contribution in [3.63, 3.8) is 0 Å². The van der Waals surface area contributed by atoms with Crippen molar-refractivity contribution in [2.75, 3.05) is 20.5 Å². The summed E-state index contributed by atoms with van der Waals surface area (Å²) >= 11 is 0. The number of nitrogens with zero attached hydrogens (tertiary/aromatic N) is 1. The number of carbonyl (C=O) groups excluding carboxylic acids is 3. The number of hydrogen-bond acceptors (Lipinski definition) is 9. The van der Waals surface area contributed by atoms with Crippen molar-refractivity contribution >= 4 is 17.8 Å². The lowest BCUT2D eigenvalue weighted by Gasteiger charge is -2.19. The number of methoxy groups -OCH3 is 1. The van der Waals surface area contributed by atoms with E-state index in [-0.39, 0.29) is 35.8 Å². The number of carbonyl (C=O) groups is 3. The predicted molar refractivity (Wildman–Crippen MR) is 122 cm³/mol. The quantitative estimate of drug-likeness (QED) is 0.370. The zero-order valence-electron chi connectivity index (χ0n) is 20.8. The fourth-order valence-electron chi connectivity index (χ4n) is 2.54. The maximum absolute atomic E-state index is 12.7. The van der Waals surface area contributed by atoms with Crippen molar-refractivity contribution in [3.8, 4) is 11.5 Å². The van der Waals surface area contributed by atoms with Crippen LogP contribution in [0.2, 0.25) is 0 Å². The Morgan fingerprint density at radius 3 is 2.21 bits per heavy atom. The number of nitrogens with one attached hydrogen (secondary N) is 1. The summed E-state index contributed by atoms with van der Waals surface area (Å²) < 4.78 is 21.0. The Morgan fingerprint density at radius 2 is 1.70 bits per heavy atom. The molecule has 0 aliphatic heterocycles. The van der Waals surface area contributed by atoms with Gasteiger partial charge in [0.05, 0.1) is 19.1 Å². The Morgan fingerprint density at radius 1 is 1.09 bits per heavy atom. The van der Waals surface area contributed by atoms with Gasteiger partial charge in [0.15, 0.2) is 17.2 Å². The number of aliphatic hydroxyl groups is 1. The molecule has 10 heteroatoms. The Labute approximate surface area is 196 Å². The topological polar surface area (TPSA) is 133 Å². The van der Waals surface area contributed by atoms with Crippen molar-refractivity contribution in [2.24, 2.45) is 11.8 Å². The van der Waals surface area contributed by atoms with E-state index in [4.69, 9.17) is 24.1 Å². The Hall–Kier alpha value is -2.88. The van der Waals surface area contributed by atoms with Crippen LogP contribution >= 0.6 is 0 Å². The molecule has 0 fully saturated rings. The van der Waals surface area contributed by atoms with Crippen molar-refractivity contribution < 1.29 is 38.4 Å². The number of esters is 2. The van der Waals surface area contributed by atoms with Crippen LogP contribution in [0.5, 0.6) is 11.5 Å². The molecule has 33 heavy (non-hydrogen) atoms. The zero-order valence-corrected chi connectivity index (χ0v) is 20.8. The Bertz CT molecular complexity index is 752. The number of hydrogen-bond donors (Lipinski definition) is 2. The number of rotatable bonds is 11. The molecule has 0 aliphatic carbocycles. The highest BCUT2D eigenvalue weighted by atomic mass is 16.7. The van der Waals surface area contributed by atoms with Crippen molar-refractivity contribution in [1.29, 1.82) is 0 Å². The SMILES string of the molecule is CCO.COc1ccnc(C(=O)N[C@@H](C)C(=O)OC(C)CC(C)C)c1OCOC(=O)C(C)C. The summed E-state index contributed by atoms with van der Waals surface area (Å²) in [5, 5.41) is 10.1. The largest absolute Gasteiger partial charge is 0.493 e. The van der Waals surface area contributed by atoms with Crippen molar-refractivity contribution in [2.45, 2.75) is 67.0 Å². The van der Waals surface area contributed by atoms with E-state index in [1.165, 1.54) is 26.3 Å². The molecule has 1 unspecified atom stereocenters. The van der Waals surface area contributed by atoms with Gasteiger partial charge in [-0.3, -0.25) is 9.59 Å². The highest BCUT2D eigenvalue weighted by Crippen LogP contribution is 2.29. The monoisotopic (exact) mass is 470 g/mol. The van der Waals surface area contributed by atoms with E-state index in [9.17, 15) is 14.4 Å². The first-order chi connectivity index (χ1) is 15.5. The Balaban J connectivity index is 0.00000322. The summed E-state index contributed by atoms with van der Waals surface area (Å²) in [7, 11) is 1.40. The number of amides is 1. The van der Waals surface area contributed by atoms with Crippen LogP contribution in [0, 0.1) is 11.8 Å². The van der Waals surface area contributed by atoms with E-state index < -0.39 is 30.7 Å². The fourth-order valence-corrected chi connectivity index (χ4v) is 2.54. The molecule has 0 bridgehead atoms. The molecule has 0 saturated carbocycles. The first-order valence-corrected chi connectivity index (χ1v) is 10.9. The third-order valence-corrected chi connectivity index (χ3v) is 4.00. The molecule has 0 spiro atoms. The molecule has 1 aromatic heterocycles. The van der Waals surface area contributed by atoms with Crippen LogP contribution in [0.15, 0.2) is 12.3 Å². The van der Waals surface area contributed by atoms with Gasteiger partial charge in [-0.15, -0.1) is 0 Å². The Kier molecular flexibility index (Phi) is 14.5. The molecule has 1 rings (SSSR count). The second kappa shape index (κ2) is 15.8. The number of pyridine rings is 1. The smallest absolute Gasteiger partial charge is 0.328 e. The van der Waals surface area contributed by atoms with Gasteiger partial charge in [0.1, 0.15) is 6.04 Å². The van der Waals surface area contributed by atoms with Crippen LogP contribution < -0.4 is 14.8 Å². The molecule has 0 aromatic carbocycles. The van der Waals surface area contributed by atoms with Gasteiger partial charge in [0, 0.05) is 18.9 Å². The zero-order chi connectivity index (χ0) is 25.6. The molecule has 1 aromatic rings. The van der Waals surface area contributed by atoms with Crippen LogP contribution in [0.3, 0.4) is 0 Å². The highest BCUT2D eigenvalue weighted by molar-refractivity contribution is 5.98. The summed E-state index contributed by atoms with van der Waals surface area (Å²) in [6.45, 7) is 12.3. The molecular weight excluding hydrogens is 432 g/mol. The molecule has 2 N–H and O–H groups in total. The second-order valence-electron chi connectivity index (χ2n) is 7.96. The molecule has 188 valence electrons. The minimum Gasteiger partial charge on any atom is -0.493 e.